The van der Waals surface area contributed by atoms with Gasteiger partial charge in [0, 0.05) is 12.5 Å². The lowest BCUT2D eigenvalue weighted by Crippen LogP contribution is -2.42. The lowest BCUT2D eigenvalue weighted by Gasteiger charge is -2.28. The molecule has 0 bridgehead atoms. The van der Waals surface area contributed by atoms with Gasteiger partial charge in [-0.3, -0.25) is 4.79 Å². The molecular formula is C27H42NO6P. The number of hydrogen-bond acceptors (Lipinski definition) is 5. The second kappa shape index (κ2) is 13.6. The van der Waals surface area contributed by atoms with Crippen molar-refractivity contribution in [2.75, 3.05) is 12.7 Å². The van der Waals surface area contributed by atoms with Crippen molar-refractivity contribution in [3.63, 3.8) is 0 Å². The minimum atomic E-state index is -2.55. The fourth-order valence-corrected chi connectivity index (χ4v) is 7.00. The number of aliphatic carboxylic acids is 1. The maximum absolute atomic E-state index is 13.3. The van der Waals surface area contributed by atoms with Gasteiger partial charge < -0.3 is 24.4 Å². The Kier molecular flexibility index (Phi) is 10.8. The van der Waals surface area contributed by atoms with E-state index < -0.39 is 31.9 Å². The van der Waals surface area contributed by atoms with Crippen molar-refractivity contribution in [2.45, 2.75) is 89.8 Å². The van der Waals surface area contributed by atoms with Crippen LogP contribution in [0.25, 0.3) is 0 Å². The van der Waals surface area contributed by atoms with E-state index >= 15 is 0 Å². The number of rotatable bonds is 12. The molecule has 1 saturated heterocycles. The molecule has 1 aromatic rings. The third kappa shape index (κ3) is 8.16. The van der Waals surface area contributed by atoms with Crippen molar-refractivity contribution < 1.29 is 29.1 Å². The molecule has 1 aromatic carbocycles. The van der Waals surface area contributed by atoms with Crippen LogP contribution < -0.4 is 0 Å². The van der Waals surface area contributed by atoms with Crippen molar-refractivity contribution in [3.8, 4) is 0 Å². The van der Waals surface area contributed by atoms with E-state index in [0.717, 1.165) is 25.7 Å². The second-order valence-electron chi connectivity index (χ2n) is 10.6. The van der Waals surface area contributed by atoms with Gasteiger partial charge >= 0.3 is 5.97 Å². The van der Waals surface area contributed by atoms with Crippen LogP contribution in [-0.2, 0) is 25.3 Å². The first kappa shape index (κ1) is 27.9. The van der Waals surface area contributed by atoms with Crippen LogP contribution in [0.4, 0.5) is 0 Å². The van der Waals surface area contributed by atoms with E-state index in [1.54, 1.807) is 0 Å². The van der Waals surface area contributed by atoms with Crippen LogP contribution in [0.2, 0.25) is 0 Å². The van der Waals surface area contributed by atoms with Gasteiger partial charge in [-0.2, -0.15) is 0 Å². The number of nitrogens with zero attached hydrogens (tertiary/aromatic N) is 1. The number of likely N-dealkylation sites (tertiary alicyclic amines) is 1. The van der Waals surface area contributed by atoms with Crippen LogP contribution in [0.15, 0.2) is 30.3 Å². The maximum atomic E-state index is 13.3. The summed E-state index contributed by atoms with van der Waals surface area (Å²) >= 11 is 0. The molecule has 0 spiro atoms. The highest BCUT2D eigenvalue weighted by Gasteiger charge is 2.43. The Morgan fingerprint density at radius 2 is 1.80 bits per heavy atom. The topological polar surface area (TPSA) is 104 Å². The molecule has 8 heteroatoms. The molecule has 5 atom stereocenters. The van der Waals surface area contributed by atoms with Crippen molar-refractivity contribution >= 4 is 19.7 Å². The number of carbonyl (C=O) groups is 2. The molecule has 1 aliphatic heterocycles. The smallest absolute Gasteiger partial charge is 0.326 e. The normalized spacial score (nSPS) is 23.8. The predicted molar refractivity (Wildman–Crippen MR) is 137 cm³/mol. The molecular weight excluding hydrogens is 465 g/mol. The number of carbonyl (C=O) groups excluding carboxylic acids is 1. The molecule has 0 aromatic heterocycles. The molecule has 1 amide bonds. The van der Waals surface area contributed by atoms with E-state index in [9.17, 15) is 24.4 Å². The van der Waals surface area contributed by atoms with E-state index in [4.69, 9.17) is 4.74 Å². The van der Waals surface area contributed by atoms with E-state index in [1.165, 1.54) is 29.7 Å². The molecule has 196 valence electrons. The number of aliphatic hydroxyl groups excluding tert-OH is 1. The highest BCUT2D eigenvalue weighted by molar-refractivity contribution is 7.46. The molecule has 7 nitrogen and oxygen atoms in total. The Morgan fingerprint density at radius 1 is 1.11 bits per heavy atom. The number of ether oxygens (including phenoxy) is 1. The molecule has 1 heterocycles. The second-order valence-corrected chi connectivity index (χ2v) is 12.5. The molecule has 1 unspecified atom stereocenters. The summed E-state index contributed by atoms with van der Waals surface area (Å²) in [5.41, 5.74) is 1.17. The van der Waals surface area contributed by atoms with Gasteiger partial charge in [-0.1, -0.05) is 76.3 Å². The number of carboxylic acid groups (broad SMARTS) is 1. The molecule has 3 rings (SSSR count). The van der Waals surface area contributed by atoms with E-state index in [1.807, 2.05) is 44.2 Å². The first-order valence-electron chi connectivity index (χ1n) is 13.2. The van der Waals surface area contributed by atoms with E-state index in [0.29, 0.717) is 25.3 Å². The van der Waals surface area contributed by atoms with Crippen molar-refractivity contribution in [2.24, 2.45) is 17.8 Å². The van der Waals surface area contributed by atoms with Crippen molar-refractivity contribution in [3.05, 3.63) is 35.9 Å². The summed E-state index contributed by atoms with van der Waals surface area (Å²) in [5, 5.41) is 20.1. The zero-order valence-corrected chi connectivity index (χ0v) is 22.1. The molecule has 2 N–H and O–H groups in total. The molecule has 2 fully saturated rings. The largest absolute Gasteiger partial charge is 0.480 e. The van der Waals surface area contributed by atoms with Crippen molar-refractivity contribution in [1.29, 1.82) is 0 Å². The van der Waals surface area contributed by atoms with Gasteiger partial charge in [0.2, 0.25) is 5.91 Å². The predicted octanol–water partition coefficient (Wildman–Crippen LogP) is 4.77. The number of aliphatic hydroxyl groups is 1. The molecule has 0 radical (unpaired) electrons. The average Bonchev–Trinajstić information content (AvgIpc) is 3.30. The van der Waals surface area contributed by atoms with Crippen LogP contribution in [0.1, 0.15) is 70.8 Å². The monoisotopic (exact) mass is 507 g/mol. The Labute approximate surface area is 210 Å². The highest BCUT2D eigenvalue weighted by atomic mass is 31.1. The number of benzene rings is 1. The number of amides is 1. The molecule has 35 heavy (non-hydrogen) atoms. The van der Waals surface area contributed by atoms with Gasteiger partial charge in [-0.25, -0.2) is 4.79 Å². The molecule has 1 saturated carbocycles. The average molecular weight is 508 g/mol. The molecule has 1 aliphatic carbocycles. The van der Waals surface area contributed by atoms with Gasteiger partial charge in [0.25, 0.3) is 0 Å². The number of hydrogen-bond donors (Lipinski definition) is 2. The summed E-state index contributed by atoms with van der Waals surface area (Å²) in [6.07, 6.45) is 6.94. The third-order valence-electron chi connectivity index (χ3n) is 7.59. The SMILES string of the molecule is CC(C)[C@@H](O)O[C@@H](CCCc1ccccc1)[PH](=O)CC(=O)N1C[C@H](C2CCCCC2)C[C@H]1C(=O)O. The fraction of sp³-hybridized carbons (Fsp3) is 0.704. The summed E-state index contributed by atoms with van der Waals surface area (Å²) in [5.74, 6) is -1.56. The third-order valence-corrected chi connectivity index (χ3v) is 9.38. The zero-order valence-electron chi connectivity index (χ0n) is 21.1. The quantitative estimate of drug-likeness (QED) is 0.312. The lowest BCUT2D eigenvalue weighted by atomic mass is 9.79. The first-order chi connectivity index (χ1) is 16.8. The lowest BCUT2D eigenvalue weighted by molar-refractivity contribution is -0.147. The Balaban J connectivity index is 1.62. The summed E-state index contributed by atoms with van der Waals surface area (Å²) < 4.78 is 19.1. The summed E-state index contributed by atoms with van der Waals surface area (Å²) in [6.45, 7) is 4.08. The van der Waals surface area contributed by atoms with E-state index in [-0.39, 0.29) is 23.9 Å². The summed E-state index contributed by atoms with van der Waals surface area (Å²) in [7, 11) is -2.55. The van der Waals surface area contributed by atoms with Crippen LogP contribution in [-0.4, -0.2) is 57.9 Å². The van der Waals surface area contributed by atoms with Gasteiger partial charge in [0.1, 0.15) is 19.7 Å². The minimum absolute atomic E-state index is 0.164. The van der Waals surface area contributed by atoms with Gasteiger partial charge in [0.05, 0.1) is 6.16 Å². The Morgan fingerprint density at radius 3 is 2.43 bits per heavy atom. The summed E-state index contributed by atoms with van der Waals surface area (Å²) in [4.78, 5) is 26.6. The van der Waals surface area contributed by atoms with Gasteiger partial charge in [0.15, 0.2) is 6.29 Å². The highest BCUT2D eigenvalue weighted by Crippen LogP contribution is 2.39. The standard InChI is InChI=1S/C27H42NO6P/c1-19(2)27(32)34-25(15-9-12-20-10-5-3-6-11-20)35(33)18-24(29)28-17-22(16-23(28)26(30)31)21-13-7-4-8-14-21/h3,5-6,10-11,19,21-23,25,27,32,35H,4,7-9,12-18H2,1-2H3,(H,30,31)/t22-,23+,25-,27+/m1/s1. The number of carboxylic acids is 1. The maximum Gasteiger partial charge on any atom is 0.326 e. The van der Waals surface area contributed by atoms with E-state index in [2.05, 4.69) is 0 Å². The Bertz CT molecular complexity index is 841. The van der Waals surface area contributed by atoms with Gasteiger partial charge in [-0.15, -0.1) is 0 Å². The first-order valence-corrected chi connectivity index (χ1v) is 14.9. The molecule has 2 aliphatic rings. The Hall–Kier alpha value is -1.69. The van der Waals surface area contributed by atoms with Crippen LogP contribution in [0.3, 0.4) is 0 Å². The minimum Gasteiger partial charge on any atom is -0.480 e. The van der Waals surface area contributed by atoms with Crippen LogP contribution >= 0.6 is 7.80 Å². The zero-order chi connectivity index (χ0) is 25.4. The fourth-order valence-electron chi connectivity index (χ4n) is 5.46. The van der Waals surface area contributed by atoms with Gasteiger partial charge in [-0.05, 0) is 43.1 Å². The van der Waals surface area contributed by atoms with Crippen molar-refractivity contribution in [1.82, 2.24) is 4.90 Å². The van der Waals surface area contributed by atoms with Crippen LogP contribution in [0, 0.1) is 17.8 Å². The van der Waals surface area contributed by atoms with Crippen LogP contribution in [0.5, 0.6) is 0 Å². The summed E-state index contributed by atoms with van der Waals surface area (Å²) in [6, 6.07) is 9.13. The number of aryl methyl sites for hydroxylation is 1.